The Labute approximate surface area is 269 Å². The molecule has 0 spiro atoms. The molecule has 2 unspecified atom stereocenters. The van der Waals surface area contributed by atoms with Gasteiger partial charge in [-0.05, 0) is 74.4 Å². The molecule has 228 valence electrons. The smallest absolute Gasteiger partial charge is 0.336 e. The Morgan fingerprint density at radius 1 is 1.09 bits per heavy atom. The number of aryl methyl sites for hydroxylation is 2. The molecule has 0 N–H and O–H groups in total. The molecule has 0 aliphatic heterocycles. The molecular weight excluding hydrogens is 589 g/mol. The van der Waals surface area contributed by atoms with Crippen LogP contribution in [0.15, 0.2) is 82.0 Å². The largest absolute Gasteiger partial charge is 0.469 e. The molecule has 2 atom stereocenters. The topological polar surface area (TPSA) is 83.5 Å². The van der Waals surface area contributed by atoms with Crippen molar-refractivity contribution in [3.63, 3.8) is 0 Å². The summed E-state index contributed by atoms with van der Waals surface area (Å²) in [4.78, 5) is 26.2. The summed E-state index contributed by atoms with van der Waals surface area (Å²) in [5.74, 6) is -0.320. The maximum Gasteiger partial charge on any atom is 0.336 e. The van der Waals surface area contributed by atoms with Crippen LogP contribution in [0, 0.1) is 30.6 Å². The first-order chi connectivity index (χ1) is 21.1. The number of nitriles is 1. The van der Waals surface area contributed by atoms with Crippen molar-refractivity contribution in [3.05, 3.63) is 111 Å². The highest BCUT2D eigenvalue weighted by molar-refractivity contribution is 8.23. The van der Waals surface area contributed by atoms with E-state index < -0.39 is 5.41 Å². The van der Waals surface area contributed by atoms with Crippen LogP contribution in [-0.4, -0.2) is 23.8 Å². The van der Waals surface area contributed by atoms with Crippen LogP contribution < -0.4 is 10.5 Å². The summed E-state index contributed by atoms with van der Waals surface area (Å²) < 4.78 is 11.1. The van der Waals surface area contributed by atoms with Gasteiger partial charge in [0.15, 0.2) is 0 Å². The third-order valence-electron chi connectivity index (χ3n) is 7.99. The zero-order valence-electron chi connectivity index (χ0n) is 25.9. The minimum absolute atomic E-state index is 0.0878. The predicted octanol–water partition coefficient (Wildman–Crippen LogP) is 8.46. The van der Waals surface area contributed by atoms with E-state index in [0.29, 0.717) is 25.0 Å². The molecule has 1 heterocycles. The molecule has 0 amide bonds. The maximum atomic E-state index is 12.0. The van der Waals surface area contributed by atoms with Gasteiger partial charge in [-0.3, -0.25) is 4.79 Å². The standard InChI is InChI=1S/C36H38N2O4S2/c1-6-38(30-20-31-29(18-25(30)3)24(2)19-34(40)42-31)22-26-12-14-27(15-13-26)32(44-35(43)28-10-8-7-9-11-28)21-36(4,23-37)17-16-33(39)41-5/h7-15,18-20,32H,6,16-17,21-22H2,1-5H3. The van der Waals surface area contributed by atoms with Gasteiger partial charge in [-0.15, -0.1) is 11.8 Å². The molecule has 1 aromatic heterocycles. The normalized spacial score (nSPS) is 13.1. The number of carbonyl (C=O) groups is 1. The van der Waals surface area contributed by atoms with Gasteiger partial charge in [-0.2, -0.15) is 5.26 Å². The first-order valence-electron chi connectivity index (χ1n) is 14.7. The van der Waals surface area contributed by atoms with Gasteiger partial charge in [0.25, 0.3) is 0 Å². The Kier molecular flexibility index (Phi) is 11.0. The van der Waals surface area contributed by atoms with Crippen molar-refractivity contribution >= 4 is 50.8 Å². The minimum Gasteiger partial charge on any atom is -0.469 e. The van der Waals surface area contributed by atoms with Gasteiger partial charge in [-0.25, -0.2) is 4.79 Å². The fourth-order valence-electron chi connectivity index (χ4n) is 5.32. The third-order valence-corrected chi connectivity index (χ3v) is 9.69. The van der Waals surface area contributed by atoms with E-state index in [0.717, 1.165) is 49.6 Å². The van der Waals surface area contributed by atoms with Crippen molar-refractivity contribution in [2.24, 2.45) is 5.41 Å². The lowest BCUT2D eigenvalue weighted by atomic mass is 9.81. The van der Waals surface area contributed by atoms with Gasteiger partial charge in [-0.1, -0.05) is 66.8 Å². The number of fused-ring (bicyclic) bond motifs is 1. The summed E-state index contributed by atoms with van der Waals surface area (Å²) in [6.07, 6.45) is 1.11. The second-order valence-electron chi connectivity index (χ2n) is 11.4. The summed E-state index contributed by atoms with van der Waals surface area (Å²) in [5, 5.41) is 11.0. The number of esters is 1. The molecule has 0 radical (unpaired) electrons. The van der Waals surface area contributed by atoms with Crippen LogP contribution in [0.3, 0.4) is 0 Å². The van der Waals surface area contributed by atoms with Crippen LogP contribution in [0.25, 0.3) is 11.0 Å². The average molecular weight is 627 g/mol. The van der Waals surface area contributed by atoms with E-state index in [1.165, 1.54) is 13.2 Å². The van der Waals surface area contributed by atoms with E-state index in [2.05, 4.69) is 55.1 Å². The Hall–Kier alpha value is -3.93. The highest BCUT2D eigenvalue weighted by Crippen LogP contribution is 2.43. The monoisotopic (exact) mass is 626 g/mol. The zero-order chi connectivity index (χ0) is 31.9. The molecule has 0 fully saturated rings. The molecular formula is C36H38N2O4S2. The van der Waals surface area contributed by atoms with E-state index >= 15 is 0 Å². The molecule has 0 aliphatic rings. The van der Waals surface area contributed by atoms with Crippen LogP contribution in [-0.2, 0) is 16.1 Å². The van der Waals surface area contributed by atoms with Crippen molar-refractivity contribution in [2.45, 2.75) is 58.8 Å². The lowest BCUT2D eigenvalue weighted by Gasteiger charge is -2.28. The second kappa shape index (κ2) is 14.7. The second-order valence-corrected chi connectivity index (χ2v) is 13.2. The van der Waals surface area contributed by atoms with Crippen LogP contribution in [0.4, 0.5) is 5.69 Å². The molecule has 0 aliphatic carbocycles. The number of thiocarbonyl (C=S) groups is 1. The van der Waals surface area contributed by atoms with Crippen molar-refractivity contribution in [2.75, 3.05) is 18.6 Å². The number of carbonyl (C=O) groups excluding carboxylic acids is 1. The Bertz CT molecular complexity index is 1730. The molecule has 4 rings (SSSR count). The summed E-state index contributed by atoms with van der Waals surface area (Å²) in [7, 11) is 1.37. The van der Waals surface area contributed by atoms with Gasteiger partial charge in [0, 0.05) is 48.0 Å². The van der Waals surface area contributed by atoms with Crippen molar-refractivity contribution in [1.29, 1.82) is 5.26 Å². The van der Waals surface area contributed by atoms with Crippen molar-refractivity contribution < 1.29 is 13.9 Å². The molecule has 6 nitrogen and oxygen atoms in total. The summed E-state index contributed by atoms with van der Waals surface area (Å²) in [5.41, 5.74) is 5.71. The van der Waals surface area contributed by atoms with E-state index in [9.17, 15) is 14.9 Å². The molecule has 44 heavy (non-hydrogen) atoms. The maximum absolute atomic E-state index is 12.0. The number of hydrogen-bond donors (Lipinski definition) is 0. The molecule has 0 bridgehead atoms. The van der Waals surface area contributed by atoms with Crippen LogP contribution in [0.1, 0.15) is 66.2 Å². The fraction of sp³-hybridized carbons (Fsp3) is 0.333. The first-order valence-corrected chi connectivity index (χ1v) is 16.0. The minimum atomic E-state index is -0.739. The number of benzene rings is 3. The SMILES string of the molecule is CCN(Cc1ccc(C(CC(C)(C#N)CCC(=O)OC)SC(=S)c2ccccc2)cc1)c1cc2oc(=O)cc(C)c2cc1C. The summed E-state index contributed by atoms with van der Waals surface area (Å²) in [6.45, 7) is 9.46. The highest BCUT2D eigenvalue weighted by Gasteiger charge is 2.31. The van der Waals surface area contributed by atoms with Gasteiger partial charge in [0.2, 0.25) is 0 Å². The molecule has 0 saturated heterocycles. The van der Waals surface area contributed by atoms with Crippen LogP contribution >= 0.6 is 24.0 Å². The average Bonchev–Trinajstić information content (AvgIpc) is 3.03. The van der Waals surface area contributed by atoms with E-state index in [-0.39, 0.29) is 23.3 Å². The number of nitrogens with zero attached hydrogens (tertiary/aromatic N) is 2. The number of ether oxygens (including phenoxy) is 1. The van der Waals surface area contributed by atoms with Gasteiger partial charge >= 0.3 is 11.6 Å². The van der Waals surface area contributed by atoms with E-state index in [1.807, 2.05) is 50.2 Å². The van der Waals surface area contributed by atoms with Crippen molar-refractivity contribution in [1.82, 2.24) is 0 Å². The quantitative estimate of drug-likeness (QED) is 0.0880. The Morgan fingerprint density at radius 3 is 2.43 bits per heavy atom. The lowest BCUT2D eigenvalue weighted by molar-refractivity contribution is -0.141. The van der Waals surface area contributed by atoms with Crippen LogP contribution in [0.5, 0.6) is 0 Å². The summed E-state index contributed by atoms with van der Waals surface area (Å²) >= 11 is 7.41. The lowest BCUT2D eigenvalue weighted by Crippen LogP contribution is -2.23. The first kappa shape index (κ1) is 33.0. The predicted molar refractivity (Wildman–Crippen MR) is 183 cm³/mol. The molecule has 8 heteroatoms. The van der Waals surface area contributed by atoms with E-state index in [1.54, 1.807) is 11.8 Å². The Balaban J connectivity index is 1.60. The van der Waals surface area contributed by atoms with Crippen LogP contribution in [0.2, 0.25) is 0 Å². The highest BCUT2D eigenvalue weighted by atomic mass is 32.2. The molecule has 4 aromatic rings. The number of thioether (sulfide) groups is 1. The van der Waals surface area contributed by atoms with Gasteiger partial charge in [0.1, 0.15) is 5.58 Å². The number of hydrogen-bond acceptors (Lipinski definition) is 8. The van der Waals surface area contributed by atoms with E-state index in [4.69, 9.17) is 21.4 Å². The molecule has 3 aromatic carbocycles. The Morgan fingerprint density at radius 2 is 1.80 bits per heavy atom. The number of rotatable bonds is 12. The molecule has 0 saturated carbocycles. The third kappa shape index (κ3) is 8.16. The summed E-state index contributed by atoms with van der Waals surface area (Å²) in [6, 6.07) is 26.4. The van der Waals surface area contributed by atoms with Crippen molar-refractivity contribution in [3.8, 4) is 6.07 Å². The van der Waals surface area contributed by atoms with Gasteiger partial charge in [0.05, 0.1) is 22.8 Å². The number of anilines is 1. The zero-order valence-corrected chi connectivity index (χ0v) is 27.5. The van der Waals surface area contributed by atoms with Gasteiger partial charge < -0.3 is 14.1 Å². The fourth-order valence-corrected chi connectivity index (χ4v) is 7.08. The number of methoxy groups -OCH3 is 1.